The van der Waals surface area contributed by atoms with Crippen LogP contribution < -0.4 is 5.32 Å². The molecular weight excluding hydrogens is 328 g/mol. The lowest BCUT2D eigenvalue weighted by atomic mass is 10.3. The SMILES string of the molecule is COCCCN(CCC(=O)Nc1ccccc1Cl)S(C)(=O)=O. The maximum atomic E-state index is 11.9. The molecule has 0 radical (unpaired) electrons. The van der Waals surface area contributed by atoms with Crippen LogP contribution >= 0.6 is 11.6 Å². The van der Waals surface area contributed by atoms with Crippen LogP contribution in [-0.2, 0) is 19.6 Å². The van der Waals surface area contributed by atoms with Gasteiger partial charge in [-0.2, -0.15) is 0 Å². The van der Waals surface area contributed by atoms with Gasteiger partial charge in [-0.05, 0) is 18.6 Å². The lowest BCUT2D eigenvalue weighted by Gasteiger charge is -2.19. The van der Waals surface area contributed by atoms with E-state index < -0.39 is 10.0 Å². The Morgan fingerprint density at radius 2 is 2.00 bits per heavy atom. The summed E-state index contributed by atoms with van der Waals surface area (Å²) in [7, 11) is -1.79. The van der Waals surface area contributed by atoms with Crippen LogP contribution in [0, 0.1) is 0 Å². The number of amides is 1. The number of ether oxygens (including phenoxy) is 1. The largest absolute Gasteiger partial charge is 0.385 e. The third-order valence-corrected chi connectivity index (χ3v) is 4.59. The first-order valence-corrected chi connectivity index (χ1v) is 9.05. The van der Waals surface area contributed by atoms with E-state index in [1.165, 1.54) is 4.31 Å². The van der Waals surface area contributed by atoms with E-state index in [1.807, 2.05) is 0 Å². The van der Waals surface area contributed by atoms with Gasteiger partial charge in [-0.15, -0.1) is 0 Å². The predicted octanol–water partition coefficient (Wildman–Crippen LogP) is 1.97. The first-order chi connectivity index (χ1) is 10.3. The summed E-state index contributed by atoms with van der Waals surface area (Å²) >= 11 is 5.95. The average Bonchev–Trinajstić information content (AvgIpc) is 2.44. The molecule has 0 bridgehead atoms. The fourth-order valence-corrected chi connectivity index (χ4v) is 2.90. The van der Waals surface area contributed by atoms with E-state index in [-0.39, 0.29) is 18.9 Å². The van der Waals surface area contributed by atoms with E-state index in [2.05, 4.69) is 5.32 Å². The molecule has 8 heteroatoms. The highest BCUT2D eigenvalue weighted by molar-refractivity contribution is 7.88. The number of nitrogens with one attached hydrogen (secondary N) is 1. The van der Waals surface area contributed by atoms with Crippen LogP contribution in [0.15, 0.2) is 24.3 Å². The molecule has 0 heterocycles. The third-order valence-electron chi connectivity index (χ3n) is 2.96. The molecule has 0 aliphatic heterocycles. The van der Waals surface area contributed by atoms with Gasteiger partial charge in [-0.3, -0.25) is 4.79 Å². The molecule has 0 aliphatic rings. The van der Waals surface area contributed by atoms with Gasteiger partial charge in [0.25, 0.3) is 0 Å². The van der Waals surface area contributed by atoms with Crippen molar-refractivity contribution in [3.8, 4) is 0 Å². The van der Waals surface area contributed by atoms with Crippen molar-refractivity contribution in [2.45, 2.75) is 12.8 Å². The third kappa shape index (κ3) is 6.74. The second-order valence-corrected chi connectivity index (χ2v) is 7.18. The molecule has 6 nitrogen and oxygen atoms in total. The van der Waals surface area contributed by atoms with Crippen molar-refractivity contribution in [1.82, 2.24) is 4.31 Å². The number of carbonyl (C=O) groups excluding carboxylic acids is 1. The molecule has 0 saturated heterocycles. The van der Waals surface area contributed by atoms with Gasteiger partial charge in [-0.25, -0.2) is 12.7 Å². The molecule has 1 amide bonds. The van der Waals surface area contributed by atoms with Gasteiger partial charge in [0.2, 0.25) is 15.9 Å². The van der Waals surface area contributed by atoms with Crippen LogP contribution in [0.3, 0.4) is 0 Å². The minimum absolute atomic E-state index is 0.0608. The molecule has 0 atom stereocenters. The van der Waals surface area contributed by atoms with E-state index in [9.17, 15) is 13.2 Å². The summed E-state index contributed by atoms with van der Waals surface area (Å²) in [5.74, 6) is -0.284. The lowest BCUT2D eigenvalue weighted by Crippen LogP contribution is -2.34. The smallest absolute Gasteiger partial charge is 0.225 e. The number of hydrogen-bond donors (Lipinski definition) is 1. The zero-order valence-corrected chi connectivity index (χ0v) is 14.3. The van der Waals surface area contributed by atoms with E-state index in [0.717, 1.165) is 6.26 Å². The topological polar surface area (TPSA) is 75.7 Å². The highest BCUT2D eigenvalue weighted by Crippen LogP contribution is 2.20. The quantitative estimate of drug-likeness (QED) is 0.692. The van der Waals surface area contributed by atoms with Crippen molar-refractivity contribution in [3.63, 3.8) is 0 Å². The van der Waals surface area contributed by atoms with Gasteiger partial charge >= 0.3 is 0 Å². The zero-order chi connectivity index (χ0) is 16.6. The molecule has 0 fully saturated rings. The van der Waals surface area contributed by atoms with Crippen molar-refractivity contribution in [1.29, 1.82) is 0 Å². The monoisotopic (exact) mass is 348 g/mol. The Morgan fingerprint density at radius 1 is 1.32 bits per heavy atom. The number of para-hydroxylation sites is 1. The lowest BCUT2D eigenvalue weighted by molar-refractivity contribution is -0.116. The summed E-state index contributed by atoms with van der Waals surface area (Å²) in [6.45, 7) is 0.919. The fraction of sp³-hybridized carbons (Fsp3) is 0.500. The first-order valence-electron chi connectivity index (χ1n) is 6.83. The number of halogens is 1. The van der Waals surface area contributed by atoms with Crippen molar-refractivity contribution in [2.75, 3.05) is 38.4 Å². The zero-order valence-electron chi connectivity index (χ0n) is 12.7. The predicted molar refractivity (Wildman–Crippen MR) is 87.6 cm³/mol. The molecule has 1 aromatic rings. The number of hydrogen-bond acceptors (Lipinski definition) is 4. The molecule has 0 spiro atoms. The molecule has 1 aromatic carbocycles. The first kappa shape index (κ1) is 18.9. The minimum Gasteiger partial charge on any atom is -0.385 e. The Morgan fingerprint density at radius 3 is 2.59 bits per heavy atom. The summed E-state index contributed by atoms with van der Waals surface area (Å²) in [6.07, 6.45) is 1.77. The van der Waals surface area contributed by atoms with Crippen LogP contribution in [0.4, 0.5) is 5.69 Å². The maximum absolute atomic E-state index is 11.9. The summed E-state index contributed by atoms with van der Waals surface area (Å²) in [5.41, 5.74) is 0.513. The molecule has 0 aliphatic carbocycles. The summed E-state index contributed by atoms with van der Waals surface area (Å²) in [4.78, 5) is 11.9. The Hall–Kier alpha value is -1.15. The van der Waals surface area contributed by atoms with Crippen molar-refractivity contribution >= 4 is 33.2 Å². The molecule has 1 N–H and O–H groups in total. The molecule has 124 valence electrons. The van der Waals surface area contributed by atoms with Crippen LogP contribution in [0.5, 0.6) is 0 Å². The number of carbonyl (C=O) groups is 1. The second kappa shape index (κ2) is 9.09. The normalized spacial score (nSPS) is 11.6. The Balaban J connectivity index is 2.53. The van der Waals surface area contributed by atoms with E-state index in [0.29, 0.717) is 30.3 Å². The highest BCUT2D eigenvalue weighted by atomic mass is 35.5. The van der Waals surface area contributed by atoms with E-state index in [4.69, 9.17) is 16.3 Å². The van der Waals surface area contributed by atoms with Crippen LogP contribution in [-0.4, -0.2) is 51.7 Å². The second-order valence-electron chi connectivity index (χ2n) is 4.79. The molecular formula is C14H21ClN2O4S. The summed E-state index contributed by atoms with van der Waals surface area (Å²) < 4.78 is 29.5. The Kier molecular flexibility index (Phi) is 7.81. The molecule has 0 saturated carbocycles. The van der Waals surface area contributed by atoms with Gasteiger partial charge in [-0.1, -0.05) is 23.7 Å². The van der Waals surface area contributed by atoms with Gasteiger partial charge < -0.3 is 10.1 Å². The summed E-state index contributed by atoms with van der Waals surface area (Å²) in [6, 6.07) is 6.88. The van der Waals surface area contributed by atoms with Crippen LogP contribution in [0.1, 0.15) is 12.8 Å². The van der Waals surface area contributed by atoms with Crippen LogP contribution in [0.2, 0.25) is 5.02 Å². The van der Waals surface area contributed by atoms with E-state index in [1.54, 1.807) is 31.4 Å². The van der Waals surface area contributed by atoms with Crippen molar-refractivity contribution in [2.24, 2.45) is 0 Å². The van der Waals surface area contributed by atoms with Crippen molar-refractivity contribution in [3.05, 3.63) is 29.3 Å². The van der Waals surface area contributed by atoms with Gasteiger partial charge in [0.15, 0.2) is 0 Å². The molecule has 1 rings (SSSR count). The minimum atomic E-state index is -3.35. The average molecular weight is 349 g/mol. The van der Waals surface area contributed by atoms with Crippen molar-refractivity contribution < 1.29 is 17.9 Å². The molecule has 22 heavy (non-hydrogen) atoms. The Labute approximate surface area is 136 Å². The fourth-order valence-electron chi connectivity index (χ4n) is 1.83. The maximum Gasteiger partial charge on any atom is 0.225 e. The standard InChI is InChI=1S/C14H21ClN2O4S/c1-21-11-5-9-17(22(2,19)20)10-8-14(18)16-13-7-4-3-6-12(13)15/h3-4,6-7H,5,8-11H2,1-2H3,(H,16,18). The Bertz CT molecular complexity index is 592. The molecule has 0 unspecified atom stereocenters. The number of anilines is 1. The number of benzene rings is 1. The molecule has 0 aromatic heterocycles. The highest BCUT2D eigenvalue weighted by Gasteiger charge is 2.17. The number of nitrogens with zero attached hydrogens (tertiary/aromatic N) is 1. The number of methoxy groups -OCH3 is 1. The van der Waals surface area contributed by atoms with Gasteiger partial charge in [0.05, 0.1) is 17.0 Å². The summed E-state index contributed by atoms with van der Waals surface area (Å²) in [5, 5.41) is 3.11. The van der Waals surface area contributed by atoms with E-state index >= 15 is 0 Å². The number of rotatable bonds is 9. The van der Waals surface area contributed by atoms with Crippen LogP contribution in [0.25, 0.3) is 0 Å². The van der Waals surface area contributed by atoms with Gasteiger partial charge in [0, 0.05) is 33.2 Å². The number of sulfonamides is 1. The van der Waals surface area contributed by atoms with Gasteiger partial charge in [0.1, 0.15) is 0 Å².